The minimum atomic E-state index is -0.380. The van der Waals surface area contributed by atoms with E-state index in [1.54, 1.807) is 24.5 Å². The van der Waals surface area contributed by atoms with Crippen LogP contribution in [-0.2, 0) is 17.8 Å². The molecule has 7 nitrogen and oxygen atoms in total. The third kappa shape index (κ3) is 3.05. The van der Waals surface area contributed by atoms with Crippen molar-refractivity contribution in [1.29, 1.82) is 0 Å². The Balaban J connectivity index is 1.59. The molecule has 4 rings (SSSR count). The van der Waals surface area contributed by atoms with Gasteiger partial charge >= 0.3 is 0 Å². The van der Waals surface area contributed by atoms with Gasteiger partial charge in [0.1, 0.15) is 5.76 Å². The maximum absolute atomic E-state index is 12.9. The number of carbonyl (C=O) groups excluding carboxylic acids is 1. The quantitative estimate of drug-likeness (QED) is 0.673. The molecule has 0 aliphatic carbocycles. The standard InChI is InChI=1S/C19H21N3O4/c23-19(20-12-15-4-3-9-26-15)16-11-13-10-14(22(24)25)6-7-17(13)21-8-2-1-5-18(16)21/h3-4,6-7,9-10,16,18H,1-2,5,8,11-12H2,(H,20,23)/t16-,18-/m0/s1. The summed E-state index contributed by atoms with van der Waals surface area (Å²) in [5.74, 6) is 0.487. The van der Waals surface area contributed by atoms with E-state index in [9.17, 15) is 14.9 Å². The molecule has 26 heavy (non-hydrogen) atoms. The van der Waals surface area contributed by atoms with Gasteiger partial charge in [0.2, 0.25) is 5.91 Å². The van der Waals surface area contributed by atoms with E-state index in [2.05, 4.69) is 10.2 Å². The predicted octanol–water partition coefficient (Wildman–Crippen LogP) is 3.04. The molecule has 0 bridgehead atoms. The zero-order chi connectivity index (χ0) is 18.1. The first kappa shape index (κ1) is 16.6. The number of benzene rings is 1. The molecule has 0 spiro atoms. The lowest BCUT2D eigenvalue weighted by atomic mass is 9.80. The largest absolute Gasteiger partial charge is 0.467 e. The summed E-state index contributed by atoms with van der Waals surface area (Å²) in [6.45, 7) is 1.24. The molecule has 3 heterocycles. The number of piperidine rings is 1. The Kier molecular flexibility index (Phi) is 4.36. The average Bonchev–Trinajstić information content (AvgIpc) is 3.18. The maximum Gasteiger partial charge on any atom is 0.269 e. The Morgan fingerprint density at radius 1 is 1.35 bits per heavy atom. The summed E-state index contributed by atoms with van der Waals surface area (Å²) in [5, 5.41) is 14.1. The summed E-state index contributed by atoms with van der Waals surface area (Å²) in [6.07, 6.45) is 5.26. The number of rotatable bonds is 4. The van der Waals surface area contributed by atoms with Crippen LogP contribution < -0.4 is 10.2 Å². The lowest BCUT2D eigenvalue weighted by Gasteiger charge is -2.45. The van der Waals surface area contributed by atoms with Gasteiger partial charge in [-0.15, -0.1) is 0 Å². The number of nitrogens with one attached hydrogen (secondary N) is 1. The number of hydrogen-bond acceptors (Lipinski definition) is 5. The van der Waals surface area contributed by atoms with Crippen molar-refractivity contribution >= 4 is 17.3 Å². The Morgan fingerprint density at radius 3 is 3.00 bits per heavy atom. The topological polar surface area (TPSA) is 88.6 Å². The van der Waals surface area contributed by atoms with Gasteiger partial charge in [-0.05, 0) is 49.4 Å². The molecule has 0 radical (unpaired) electrons. The summed E-state index contributed by atoms with van der Waals surface area (Å²) in [5.41, 5.74) is 2.00. The average molecular weight is 355 g/mol. The van der Waals surface area contributed by atoms with Gasteiger partial charge in [0.15, 0.2) is 0 Å². The van der Waals surface area contributed by atoms with Crippen LogP contribution in [0.3, 0.4) is 0 Å². The fourth-order valence-corrected chi connectivity index (χ4v) is 4.16. The van der Waals surface area contributed by atoms with Gasteiger partial charge in [-0.3, -0.25) is 14.9 Å². The second-order valence-electron chi connectivity index (χ2n) is 6.93. The van der Waals surface area contributed by atoms with Crippen LogP contribution in [0.15, 0.2) is 41.0 Å². The maximum atomic E-state index is 12.9. The van der Waals surface area contributed by atoms with Crippen LogP contribution in [0.2, 0.25) is 0 Å². The third-order valence-corrected chi connectivity index (χ3v) is 5.39. The second-order valence-corrected chi connectivity index (χ2v) is 6.93. The smallest absolute Gasteiger partial charge is 0.269 e. The van der Waals surface area contributed by atoms with Gasteiger partial charge in [-0.25, -0.2) is 0 Å². The number of furan rings is 1. The number of nitro groups is 1. The molecule has 1 saturated heterocycles. The van der Waals surface area contributed by atoms with E-state index in [-0.39, 0.29) is 28.5 Å². The monoisotopic (exact) mass is 355 g/mol. The van der Waals surface area contributed by atoms with Crippen molar-refractivity contribution in [2.75, 3.05) is 11.4 Å². The van der Waals surface area contributed by atoms with Crippen molar-refractivity contribution in [1.82, 2.24) is 5.32 Å². The molecule has 2 aromatic rings. The summed E-state index contributed by atoms with van der Waals surface area (Å²) in [7, 11) is 0. The Hall–Kier alpha value is -2.83. The van der Waals surface area contributed by atoms with Crippen LogP contribution >= 0.6 is 0 Å². The highest BCUT2D eigenvalue weighted by molar-refractivity contribution is 5.82. The lowest BCUT2D eigenvalue weighted by Crippen LogP contribution is -2.53. The molecule has 1 amide bonds. The minimum Gasteiger partial charge on any atom is -0.467 e. The Morgan fingerprint density at radius 2 is 2.23 bits per heavy atom. The second kappa shape index (κ2) is 6.82. The van der Waals surface area contributed by atoms with Gasteiger partial charge in [0.25, 0.3) is 5.69 Å². The molecule has 0 unspecified atom stereocenters. The van der Waals surface area contributed by atoms with Gasteiger partial charge in [-0.2, -0.15) is 0 Å². The molecule has 2 aliphatic heterocycles. The van der Waals surface area contributed by atoms with E-state index in [4.69, 9.17) is 4.42 Å². The van der Waals surface area contributed by atoms with Gasteiger partial charge in [0.05, 0.1) is 23.6 Å². The number of non-ortho nitro benzene ring substituents is 1. The van der Waals surface area contributed by atoms with Crippen LogP contribution in [0, 0.1) is 16.0 Å². The zero-order valence-corrected chi connectivity index (χ0v) is 14.4. The number of nitro benzene ring substituents is 1. The van der Waals surface area contributed by atoms with Gasteiger partial charge in [-0.1, -0.05) is 0 Å². The molecule has 7 heteroatoms. The highest BCUT2D eigenvalue weighted by Crippen LogP contribution is 2.39. The highest BCUT2D eigenvalue weighted by Gasteiger charge is 2.39. The third-order valence-electron chi connectivity index (χ3n) is 5.39. The molecule has 0 saturated carbocycles. The van der Waals surface area contributed by atoms with Gasteiger partial charge in [0, 0.05) is 30.4 Å². The first-order valence-corrected chi connectivity index (χ1v) is 8.97. The molecular formula is C19H21N3O4. The van der Waals surface area contributed by atoms with Crippen molar-refractivity contribution in [3.63, 3.8) is 0 Å². The van der Waals surface area contributed by atoms with Crippen LogP contribution in [-0.4, -0.2) is 23.4 Å². The van der Waals surface area contributed by atoms with Crippen molar-refractivity contribution in [3.8, 4) is 0 Å². The Bertz CT molecular complexity index is 818. The number of carbonyl (C=O) groups is 1. The van der Waals surface area contributed by atoms with Crippen molar-refractivity contribution < 1.29 is 14.1 Å². The zero-order valence-electron chi connectivity index (χ0n) is 14.4. The van der Waals surface area contributed by atoms with E-state index in [0.717, 1.165) is 37.1 Å². The van der Waals surface area contributed by atoms with Crippen molar-refractivity contribution in [2.45, 2.75) is 38.3 Å². The SMILES string of the molecule is O=C(NCc1ccco1)[C@H]1Cc2cc([N+](=O)[O-])ccc2N2CCCC[C@@H]12. The summed E-state index contributed by atoms with van der Waals surface area (Å²) < 4.78 is 5.28. The van der Waals surface area contributed by atoms with E-state index in [0.29, 0.717) is 18.7 Å². The summed E-state index contributed by atoms with van der Waals surface area (Å²) in [6, 6.07) is 8.78. The fourth-order valence-electron chi connectivity index (χ4n) is 4.16. The molecule has 1 N–H and O–H groups in total. The molecule has 136 valence electrons. The molecule has 1 fully saturated rings. The van der Waals surface area contributed by atoms with Crippen LogP contribution in [0.4, 0.5) is 11.4 Å². The number of amides is 1. The molecule has 1 aromatic carbocycles. The van der Waals surface area contributed by atoms with E-state index < -0.39 is 0 Å². The first-order valence-electron chi connectivity index (χ1n) is 8.97. The first-order chi connectivity index (χ1) is 12.6. The minimum absolute atomic E-state index is 0.0181. The van der Waals surface area contributed by atoms with Crippen LogP contribution in [0.25, 0.3) is 0 Å². The highest BCUT2D eigenvalue weighted by atomic mass is 16.6. The number of fused-ring (bicyclic) bond motifs is 3. The number of nitrogens with zero attached hydrogens (tertiary/aromatic N) is 2. The summed E-state index contributed by atoms with van der Waals surface area (Å²) >= 11 is 0. The molecular weight excluding hydrogens is 334 g/mol. The molecule has 1 aromatic heterocycles. The lowest BCUT2D eigenvalue weighted by molar-refractivity contribution is -0.384. The number of anilines is 1. The fraction of sp³-hybridized carbons (Fsp3) is 0.421. The van der Waals surface area contributed by atoms with Crippen LogP contribution in [0.5, 0.6) is 0 Å². The Labute approximate surface area is 151 Å². The molecule has 2 atom stereocenters. The van der Waals surface area contributed by atoms with E-state index >= 15 is 0 Å². The van der Waals surface area contributed by atoms with Crippen molar-refractivity contribution in [2.24, 2.45) is 5.92 Å². The number of hydrogen-bond donors (Lipinski definition) is 1. The van der Waals surface area contributed by atoms with Gasteiger partial charge < -0.3 is 14.6 Å². The molecule has 2 aliphatic rings. The normalized spacial score (nSPS) is 21.6. The summed E-state index contributed by atoms with van der Waals surface area (Å²) in [4.78, 5) is 25.9. The predicted molar refractivity (Wildman–Crippen MR) is 95.8 cm³/mol. The van der Waals surface area contributed by atoms with Crippen molar-refractivity contribution in [3.05, 3.63) is 58.0 Å². The van der Waals surface area contributed by atoms with E-state index in [1.165, 1.54) is 0 Å². The van der Waals surface area contributed by atoms with Crippen LogP contribution in [0.1, 0.15) is 30.6 Å². The van der Waals surface area contributed by atoms with E-state index in [1.807, 2.05) is 12.1 Å².